The Balaban J connectivity index is 0.00000280. The number of nitro benzene ring substituents is 1. The largest absolute Gasteiger partial charge is 0.493 e. The number of nitrogens with zero attached hydrogens (tertiary/aromatic N) is 2. The highest BCUT2D eigenvalue weighted by atomic mass is 35.5. The number of carbonyl (C=O) groups is 1. The van der Waals surface area contributed by atoms with Crippen LogP contribution in [0.4, 0.5) is 5.69 Å². The number of nitrogens with one attached hydrogen (secondary N) is 1. The predicted molar refractivity (Wildman–Crippen MR) is 108 cm³/mol. The minimum atomic E-state index is -0.546. The summed E-state index contributed by atoms with van der Waals surface area (Å²) in [5, 5.41) is 15.1. The molecule has 0 atom stereocenters. The van der Waals surface area contributed by atoms with E-state index >= 15 is 0 Å². The third-order valence-corrected chi connectivity index (χ3v) is 5.18. The zero-order chi connectivity index (χ0) is 19.4. The van der Waals surface area contributed by atoms with E-state index in [4.69, 9.17) is 9.47 Å². The van der Waals surface area contributed by atoms with E-state index in [9.17, 15) is 14.9 Å². The molecule has 1 saturated heterocycles. The Bertz CT molecular complexity index is 703. The highest BCUT2D eigenvalue weighted by Crippen LogP contribution is 2.35. The first-order valence-electron chi connectivity index (χ1n) is 9.55. The van der Waals surface area contributed by atoms with E-state index in [1.807, 2.05) is 6.92 Å². The predicted octanol–water partition coefficient (Wildman–Crippen LogP) is 3.03. The van der Waals surface area contributed by atoms with Gasteiger partial charge < -0.3 is 19.7 Å². The third-order valence-electron chi connectivity index (χ3n) is 5.18. The smallest absolute Gasteiger partial charge is 0.286 e. The van der Waals surface area contributed by atoms with Gasteiger partial charge in [0.05, 0.1) is 24.7 Å². The molecule has 0 bridgehead atoms. The molecule has 9 heteroatoms. The van der Waals surface area contributed by atoms with Crippen molar-refractivity contribution in [1.29, 1.82) is 0 Å². The van der Waals surface area contributed by atoms with Gasteiger partial charge in [-0.2, -0.15) is 0 Å². The van der Waals surface area contributed by atoms with Gasteiger partial charge in [0.15, 0.2) is 11.5 Å². The molecule has 8 nitrogen and oxygen atoms in total. The summed E-state index contributed by atoms with van der Waals surface area (Å²) >= 11 is 0. The average Bonchev–Trinajstić information content (AvgIpc) is 3.50. The van der Waals surface area contributed by atoms with E-state index in [-0.39, 0.29) is 35.3 Å². The Morgan fingerprint density at radius 3 is 2.46 bits per heavy atom. The number of piperidine rings is 1. The maximum Gasteiger partial charge on any atom is 0.286 e. The summed E-state index contributed by atoms with van der Waals surface area (Å²) in [7, 11) is 1.42. The lowest BCUT2D eigenvalue weighted by Crippen LogP contribution is -2.45. The molecule has 2 aliphatic rings. The topological polar surface area (TPSA) is 93.9 Å². The Morgan fingerprint density at radius 2 is 1.93 bits per heavy atom. The molecule has 0 unspecified atom stereocenters. The van der Waals surface area contributed by atoms with E-state index < -0.39 is 4.92 Å². The summed E-state index contributed by atoms with van der Waals surface area (Å²) in [4.78, 5) is 25.6. The molecule has 1 aliphatic carbocycles. The first-order valence-corrected chi connectivity index (χ1v) is 9.55. The van der Waals surface area contributed by atoms with Crippen molar-refractivity contribution in [3.63, 3.8) is 0 Å². The van der Waals surface area contributed by atoms with E-state index in [1.165, 1.54) is 32.1 Å². The third kappa shape index (κ3) is 5.26. The first-order chi connectivity index (χ1) is 13.0. The molecule has 0 spiro atoms. The number of hydrogen-bond donors (Lipinski definition) is 1. The standard InChI is InChI=1S/C19H27N3O5.ClH/c1-3-27-18-10-15(16(22(24)25)11-17(18)26-2)19(23)21-8-6-14(7-9-21)20-12-13-4-5-13;/h10-11,13-14,20H,3-9,12H2,1-2H3;1H. The molecule has 0 radical (unpaired) electrons. The number of hydrogen-bond acceptors (Lipinski definition) is 6. The fraction of sp³-hybridized carbons (Fsp3) is 0.632. The van der Waals surface area contributed by atoms with Gasteiger partial charge in [-0.25, -0.2) is 0 Å². The van der Waals surface area contributed by atoms with Gasteiger partial charge in [-0.05, 0) is 45.1 Å². The van der Waals surface area contributed by atoms with Crippen molar-refractivity contribution in [3.05, 3.63) is 27.8 Å². The molecule has 156 valence electrons. The monoisotopic (exact) mass is 413 g/mol. The lowest BCUT2D eigenvalue weighted by atomic mass is 10.0. The Labute approximate surface area is 171 Å². The van der Waals surface area contributed by atoms with Crippen molar-refractivity contribution in [1.82, 2.24) is 10.2 Å². The molecule has 3 rings (SSSR count). The van der Waals surface area contributed by atoms with Crippen LogP contribution in [0.5, 0.6) is 11.5 Å². The summed E-state index contributed by atoms with van der Waals surface area (Å²) in [6.45, 7) is 4.42. The van der Waals surface area contributed by atoms with E-state index in [0.29, 0.717) is 31.5 Å². The number of nitro groups is 1. The summed E-state index contributed by atoms with van der Waals surface area (Å²) in [5.41, 5.74) is -0.206. The van der Waals surface area contributed by atoms with Crippen LogP contribution >= 0.6 is 12.4 Å². The number of methoxy groups -OCH3 is 1. The summed E-state index contributed by atoms with van der Waals surface area (Å²) in [6, 6.07) is 3.11. The highest BCUT2D eigenvalue weighted by Gasteiger charge is 2.31. The number of rotatable bonds is 8. The van der Waals surface area contributed by atoms with Gasteiger partial charge in [0.25, 0.3) is 11.6 Å². The van der Waals surface area contributed by atoms with Crippen LogP contribution in [0.3, 0.4) is 0 Å². The number of carbonyl (C=O) groups excluding carboxylic acids is 1. The van der Waals surface area contributed by atoms with Crippen LogP contribution in [0, 0.1) is 16.0 Å². The van der Waals surface area contributed by atoms with Crippen molar-refractivity contribution < 1.29 is 19.2 Å². The maximum atomic E-state index is 13.0. The van der Waals surface area contributed by atoms with Crippen LogP contribution < -0.4 is 14.8 Å². The second-order valence-electron chi connectivity index (χ2n) is 7.13. The van der Waals surface area contributed by atoms with E-state index in [2.05, 4.69) is 5.32 Å². The zero-order valence-electron chi connectivity index (χ0n) is 16.3. The van der Waals surface area contributed by atoms with Gasteiger partial charge in [-0.15, -0.1) is 12.4 Å². The molecular weight excluding hydrogens is 386 g/mol. The number of benzene rings is 1. The SMILES string of the molecule is CCOc1cc(C(=O)N2CCC(NCC3CC3)CC2)c([N+](=O)[O-])cc1OC.Cl. The summed E-state index contributed by atoms with van der Waals surface area (Å²) in [6.07, 6.45) is 4.35. The molecule has 1 saturated carbocycles. The van der Waals surface area contributed by atoms with E-state index in [0.717, 1.165) is 25.3 Å². The summed E-state index contributed by atoms with van der Waals surface area (Å²) < 4.78 is 10.7. The summed E-state index contributed by atoms with van der Waals surface area (Å²) in [5.74, 6) is 1.09. The first kappa shape index (κ1) is 22.2. The van der Waals surface area contributed by atoms with Crippen molar-refractivity contribution >= 4 is 24.0 Å². The fourth-order valence-corrected chi connectivity index (χ4v) is 3.41. The fourth-order valence-electron chi connectivity index (χ4n) is 3.41. The quantitative estimate of drug-likeness (QED) is 0.520. The van der Waals surface area contributed by atoms with Crippen LogP contribution in [0.1, 0.15) is 43.0 Å². The molecule has 1 aliphatic heterocycles. The van der Waals surface area contributed by atoms with Crippen LogP contribution in [0.25, 0.3) is 0 Å². The molecule has 0 aromatic heterocycles. The van der Waals surface area contributed by atoms with Crippen LogP contribution in [0.15, 0.2) is 12.1 Å². The molecule has 1 amide bonds. The average molecular weight is 414 g/mol. The number of amides is 1. The van der Waals surface area contributed by atoms with Crippen molar-refractivity contribution in [2.75, 3.05) is 33.4 Å². The van der Waals surface area contributed by atoms with Gasteiger partial charge in [0, 0.05) is 25.2 Å². The molecular formula is C19H28ClN3O5. The van der Waals surface area contributed by atoms with Gasteiger partial charge in [-0.3, -0.25) is 14.9 Å². The second kappa shape index (κ2) is 9.93. The Hall–Kier alpha value is -2.06. The van der Waals surface area contributed by atoms with Crippen molar-refractivity contribution in [2.45, 2.75) is 38.6 Å². The van der Waals surface area contributed by atoms with Gasteiger partial charge in [0.1, 0.15) is 5.56 Å². The molecule has 1 heterocycles. The Morgan fingerprint density at radius 1 is 1.25 bits per heavy atom. The lowest BCUT2D eigenvalue weighted by molar-refractivity contribution is -0.385. The molecule has 28 heavy (non-hydrogen) atoms. The van der Waals surface area contributed by atoms with Gasteiger partial charge >= 0.3 is 0 Å². The van der Waals surface area contributed by atoms with Crippen molar-refractivity contribution in [3.8, 4) is 11.5 Å². The molecule has 2 fully saturated rings. The van der Waals surface area contributed by atoms with E-state index in [1.54, 1.807) is 4.90 Å². The lowest BCUT2D eigenvalue weighted by Gasteiger charge is -2.32. The zero-order valence-corrected chi connectivity index (χ0v) is 17.1. The van der Waals surface area contributed by atoms with Gasteiger partial charge in [-0.1, -0.05) is 0 Å². The van der Waals surface area contributed by atoms with Crippen LogP contribution in [0.2, 0.25) is 0 Å². The molecule has 1 aromatic carbocycles. The number of halogens is 1. The highest BCUT2D eigenvalue weighted by molar-refractivity contribution is 5.99. The van der Waals surface area contributed by atoms with Crippen molar-refractivity contribution in [2.24, 2.45) is 5.92 Å². The van der Waals surface area contributed by atoms with Crippen LogP contribution in [-0.4, -0.2) is 55.1 Å². The minimum absolute atomic E-state index is 0. The molecule has 1 aromatic rings. The Kier molecular flexibility index (Phi) is 7.88. The second-order valence-corrected chi connectivity index (χ2v) is 7.13. The van der Waals surface area contributed by atoms with Crippen LogP contribution in [-0.2, 0) is 0 Å². The maximum absolute atomic E-state index is 13.0. The number of likely N-dealkylation sites (tertiary alicyclic amines) is 1. The number of ether oxygens (including phenoxy) is 2. The minimum Gasteiger partial charge on any atom is -0.493 e. The normalized spacial score (nSPS) is 17.0. The van der Waals surface area contributed by atoms with Gasteiger partial charge in [0.2, 0.25) is 0 Å². The molecule has 1 N–H and O–H groups in total.